The van der Waals surface area contributed by atoms with E-state index in [2.05, 4.69) is 71.1 Å². The maximum atomic E-state index is 13.8. The molecule has 3 heterocycles. The van der Waals surface area contributed by atoms with Crippen molar-refractivity contribution in [1.29, 1.82) is 5.26 Å². The number of fused-ring (bicyclic) bond motifs is 1. The topological polar surface area (TPSA) is 59.8 Å². The Kier molecular flexibility index (Phi) is 8.65. The van der Waals surface area contributed by atoms with Gasteiger partial charge in [0.05, 0.1) is 19.3 Å². The zero-order valence-corrected chi connectivity index (χ0v) is 23.7. The first kappa shape index (κ1) is 26.4. The molecule has 4 rings (SSSR count). The average Bonchev–Trinajstić information content (AvgIpc) is 2.95. The molecule has 4 fully saturated rings. The van der Waals surface area contributed by atoms with Crippen LogP contribution in [0.4, 0.5) is 0 Å². The van der Waals surface area contributed by atoms with Crippen LogP contribution in [-0.2, 0) is 9.53 Å². The van der Waals surface area contributed by atoms with Crippen LogP contribution in [0.2, 0.25) is 0 Å². The molecule has 34 heavy (non-hydrogen) atoms. The van der Waals surface area contributed by atoms with Crippen molar-refractivity contribution in [3.63, 3.8) is 0 Å². The van der Waals surface area contributed by atoms with Crippen LogP contribution in [0.1, 0.15) is 59.8 Å². The first-order chi connectivity index (χ1) is 16.2. The molecule has 4 unspecified atom stereocenters. The zero-order chi connectivity index (χ0) is 24.5. The van der Waals surface area contributed by atoms with Gasteiger partial charge in [-0.25, -0.2) is 0 Å². The van der Waals surface area contributed by atoms with Gasteiger partial charge in [-0.15, -0.1) is 0 Å². The quantitative estimate of drug-likeness (QED) is 0.212. The molecule has 0 bridgehead atoms. The van der Waals surface area contributed by atoms with Gasteiger partial charge in [0, 0.05) is 48.2 Å². The molecule has 0 aromatic carbocycles. The van der Waals surface area contributed by atoms with Gasteiger partial charge in [-0.2, -0.15) is 5.26 Å². The summed E-state index contributed by atoms with van der Waals surface area (Å²) in [6.07, 6.45) is 8.14. The van der Waals surface area contributed by atoms with E-state index in [0.717, 1.165) is 58.3 Å². The van der Waals surface area contributed by atoms with Gasteiger partial charge in [0.25, 0.3) is 5.91 Å². The number of hydrogen-bond acceptors (Lipinski definition) is 5. The van der Waals surface area contributed by atoms with Gasteiger partial charge in [0.15, 0.2) is 0 Å². The fourth-order valence-corrected chi connectivity index (χ4v) is 7.84. The van der Waals surface area contributed by atoms with Crippen LogP contribution in [0.3, 0.4) is 0 Å². The van der Waals surface area contributed by atoms with Crippen molar-refractivity contribution in [3.05, 3.63) is 11.6 Å². The number of likely N-dealkylation sites (tertiary alicyclic amines) is 1. The predicted octanol–water partition coefficient (Wildman–Crippen LogP) is 4.10. The Labute approximate surface area is 220 Å². The number of nitriles is 1. The monoisotopic (exact) mass is 582 g/mol. The maximum absolute atomic E-state index is 13.8. The second-order valence-electron chi connectivity index (χ2n) is 11.7. The smallest absolute Gasteiger partial charge is 0.264 e. The van der Waals surface area contributed by atoms with Crippen molar-refractivity contribution in [1.82, 2.24) is 14.7 Å². The highest BCUT2D eigenvalue weighted by molar-refractivity contribution is 14.1. The average molecular weight is 583 g/mol. The molecular weight excluding hydrogens is 539 g/mol. The summed E-state index contributed by atoms with van der Waals surface area (Å²) in [6, 6.07) is 3.11. The number of piperidine rings is 1. The number of carbonyl (C=O) groups is 1. The van der Waals surface area contributed by atoms with Gasteiger partial charge in [-0.05, 0) is 56.9 Å². The molecule has 0 aromatic heterocycles. The molecule has 1 amide bonds. The highest BCUT2D eigenvalue weighted by Gasteiger charge is 2.44. The number of carbonyl (C=O) groups excluding carboxylic acids is 1. The van der Waals surface area contributed by atoms with E-state index in [1.807, 2.05) is 6.08 Å². The lowest BCUT2D eigenvalue weighted by atomic mass is 9.72. The lowest BCUT2D eigenvalue weighted by molar-refractivity contribution is -0.135. The number of ether oxygens (including phenoxy) is 1. The van der Waals surface area contributed by atoms with E-state index >= 15 is 0 Å². The number of hydrogen-bond donors (Lipinski definition) is 0. The summed E-state index contributed by atoms with van der Waals surface area (Å²) in [7, 11) is 0. The molecule has 1 aliphatic carbocycles. The summed E-state index contributed by atoms with van der Waals surface area (Å²) in [5.74, 6) is 1.63. The molecule has 0 N–H and O–H groups in total. The summed E-state index contributed by atoms with van der Waals surface area (Å²) in [4.78, 5) is 20.8. The maximum Gasteiger partial charge on any atom is 0.264 e. The van der Waals surface area contributed by atoms with Crippen LogP contribution in [0, 0.1) is 29.1 Å². The van der Waals surface area contributed by atoms with E-state index < -0.39 is 0 Å². The van der Waals surface area contributed by atoms with Gasteiger partial charge >= 0.3 is 0 Å². The highest BCUT2D eigenvalue weighted by atomic mass is 127. The molecule has 190 valence electrons. The minimum absolute atomic E-state index is 0.0489. The number of piperazine rings is 1. The van der Waals surface area contributed by atoms with Crippen LogP contribution in [0.5, 0.6) is 0 Å². The largest absolute Gasteiger partial charge is 0.378 e. The van der Waals surface area contributed by atoms with Crippen LogP contribution < -0.4 is 0 Å². The van der Waals surface area contributed by atoms with Crippen LogP contribution >= 0.6 is 22.6 Å². The van der Waals surface area contributed by atoms with Crippen molar-refractivity contribution in [2.75, 3.05) is 45.9 Å². The van der Waals surface area contributed by atoms with E-state index in [4.69, 9.17) is 4.74 Å². The Morgan fingerprint density at radius 2 is 1.82 bits per heavy atom. The van der Waals surface area contributed by atoms with Gasteiger partial charge in [-0.3, -0.25) is 14.6 Å². The summed E-state index contributed by atoms with van der Waals surface area (Å²) in [6.45, 7) is 15.2. The second-order valence-corrected chi connectivity index (χ2v) is 13.5. The van der Waals surface area contributed by atoms with E-state index in [1.165, 1.54) is 25.7 Å². The van der Waals surface area contributed by atoms with E-state index in [1.54, 1.807) is 0 Å². The Hall–Kier alpha value is -0.690. The lowest BCUT2D eigenvalue weighted by Gasteiger charge is -2.48. The first-order valence-corrected chi connectivity index (χ1v) is 14.6. The van der Waals surface area contributed by atoms with Gasteiger partial charge in [0.1, 0.15) is 11.6 Å². The predicted molar refractivity (Wildman–Crippen MR) is 144 cm³/mol. The molecule has 6 nitrogen and oxygen atoms in total. The second kappa shape index (κ2) is 11.1. The molecule has 4 atom stereocenters. The SMILES string of the molecule is CC(C)C1C2CC(I)CCCC2CCN1C(=O)/C(C#N)=C/C(C)(C)N1CCN(C2COC2)CC1. The minimum atomic E-state index is -0.329. The third kappa shape index (κ3) is 5.66. The van der Waals surface area contributed by atoms with Crippen molar-refractivity contribution in [3.8, 4) is 6.07 Å². The van der Waals surface area contributed by atoms with Crippen LogP contribution in [0.15, 0.2) is 11.6 Å². The third-order valence-electron chi connectivity index (χ3n) is 8.82. The van der Waals surface area contributed by atoms with E-state index in [-0.39, 0.29) is 17.5 Å². The van der Waals surface area contributed by atoms with E-state index in [0.29, 0.717) is 27.4 Å². The van der Waals surface area contributed by atoms with Gasteiger partial charge in [0.2, 0.25) is 0 Å². The molecule has 1 saturated carbocycles. The standard InChI is InChI=1S/C27H43IN4O2/c1-19(2)25-24-14-22(28)7-5-6-20(24)8-9-32(25)26(33)21(16-29)15-27(3,4)31-12-10-30(11-13-31)23-17-34-18-23/h15,19-20,22-25H,5-14,17-18H2,1-4H3/b21-15+. The highest BCUT2D eigenvalue weighted by Crippen LogP contribution is 2.43. The van der Waals surface area contributed by atoms with Crippen molar-refractivity contribution < 1.29 is 9.53 Å². The molecular formula is C27H43IN4O2. The van der Waals surface area contributed by atoms with Crippen LogP contribution in [-0.4, -0.2) is 88.1 Å². The summed E-state index contributed by atoms with van der Waals surface area (Å²) in [5.41, 5.74) is -0.00642. The number of alkyl halides is 1. The summed E-state index contributed by atoms with van der Waals surface area (Å²) < 4.78 is 6.05. The van der Waals surface area contributed by atoms with Gasteiger partial charge < -0.3 is 9.64 Å². The number of amides is 1. The first-order valence-electron chi connectivity index (χ1n) is 13.4. The molecule has 0 spiro atoms. The summed E-state index contributed by atoms with van der Waals surface area (Å²) >= 11 is 2.62. The van der Waals surface area contributed by atoms with E-state index in [9.17, 15) is 10.1 Å². The van der Waals surface area contributed by atoms with Gasteiger partial charge in [-0.1, -0.05) is 49.3 Å². The fourth-order valence-electron chi connectivity index (χ4n) is 6.81. The lowest BCUT2D eigenvalue weighted by Crippen LogP contribution is -2.60. The minimum Gasteiger partial charge on any atom is -0.378 e. The molecule has 0 aromatic rings. The van der Waals surface area contributed by atoms with Crippen molar-refractivity contribution >= 4 is 28.5 Å². The number of rotatable bonds is 5. The van der Waals surface area contributed by atoms with Crippen molar-refractivity contribution in [2.45, 2.75) is 81.3 Å². The van der Waals surface area contributed by atoms with Crippen molar-refractivity contribution in [2.24, 2.45) is 17.8 Å². The number of halogens is 1. The molecule has 3 aliphatic heterocycles. The molecule has 3 saturated heterocycles. The number of nitrogens with zero attached hydrogens (tertiary/aromatic N) is 4. The van der Waals surface area contributed by atoms with Crippen LogP contribution in [0.25, 0.3) is 0 Å². The zero-order valence-electron chi connectivity index (χ0n) is 21.5. The fraction of sp³-hybridized carbons (Fsp3) is 0.852. The summed E-state index contributed by atoms with van der Waals surface area (Å²) in [5, 5.41) is 10.1. The Morgan fingerprint density at radius 3 is 2.41 bits per heavy atom. The third-order valence-corrected chi connectivity index (χ3v) is 9.95. The molecule has 0 radical (unpaired) electrons. The molecule has 4 aliphatic rings. The normalized spacial score (nSPS) is 32.6. The Bertz CT molecular complexity index is 795. The molecule has 7 heteroatoms. The Balaban J connectivity index is 1.48. The Morgan fingerprint density at radius 1 is 1.12 bits per heavy atom.